The van der Waals surface area contributed by atoms with Gasteiger partial charge in [0.05, 0.1) is 10.5 Å². The van der Waals surface area contributed by atoms with Crippen LogP contribution in [0.1, 0.15) is 62.2 Å². The maximum atomic E-state index is 12.2. The number of ether oxygens (including phenoxy) is 1. The fourth-order valence-corrected chi connectivity index (χ4v) is 4.41. The van der Waals surface area contributed by atoms with Crippen LogP contribution in [-0.4, -0.2) is 38.5 Å². The number of rotatable bonds is 7. The Hall–Kier alpha value is -1.93. The number of sulfonamides is 1. The number of carbonyl (C=O) groups is 2. The van der Waals surface area contributed by atoms with Crippen molar-refractivity contribution in [3.05, 3.63) is 29.8 Å². The number of esters is 1. The van der Waals surface area contributed by atoms with E-state index in [1.807, 2.05) is 0 Å². The lowest BCUT2D eigenvalue weighted by Gasteiger charge is -2.24. The SMILES string of the molecule is CC(OC(=O)c1ccc(S(=O)(=O)NC2CC2)cc1)C(=O)NC1CCCCC1. The van der Waals surface area contributed by atoms with E-state index in [9.17, 15) is 18.0 Å². The van der Waals surface area contributed by atoms with E-state index in [4.69, 9.17) is 4.74 Å². The highest BCUT2D eigenvalue weighted by Crippen LogP contribution is 2.22. The molecule has 1 aromatic rings. The van der Waals surface area contributed by atoms with Crippen LogP contribution in [0.3, 0.4) is 0 Å². The van der Waals surface area contributed by atoms with E-state index in [-0.39, 0.29) is 28.4 Å². The predicted molar refractivity (Wildman–Crippen MR) is 99.7 cm³/mol. The third-order valence-corrected chi connectivity index (χ3v) is 6.44. The van der Waals surface area contributed by atoms with Gasteiger partial charge in [0.15, 0.2) is 6.10 Å². The first-order chi connectivity index (χ1) is 12.8. The first kappa shape index (κ1) is 19.8. The summed E-state index contributed by atoms with van der Waals surface area (Å²) in [6, 6.07) is 5.70. The van der Waals surface area contributed by atoms with Gasteiger partial charge in [-0.2, -0.15) is 0 Å². The average molecular weight is 394 g/mol. The van der Waals surface area contributed by atoms with Crippen LogP contribution in [0.25, 0.3) is 0 Å². The van der Waals surface area contributed by atoms with E-state index in [1.54, 1.807) is 0 Å². The molecule has 1 aromatic carbocycles. The minimum atomic E-state index is -3.56. The van der Waals surface area contributed by atoms with Gasteiger partial charge in [0.25, 0.3) is 5.91 Å². The summed E-state index contributed by atoms with van der Waals surface area (Å²) >= 11 is 0. The molecule has 2 N–H and O–H groups in total. The Bertz CT molecular complexity index is 781. The van der Waals surface area contributed by atoms with Gasteiger partial charge < -0.3 is 10.1 Å². The minimum Gasteiger partial charge on any atom is -0.449 e. The van der Waals surface area contributed by atoms with Crippen LogP contribution in [-0.2, 0) is 19.6 Å². The molecule has 1 atom stereocenters. The van der Waals surface area contributed by atoms with Crippen LogP contribution in [0.2, 0.25) is 0 Å². The highest BCUT2D eigenvalue weighted by atomic mass is 32.2. The number of benzene rings is 1. The summed E-state index contributed by atoms with van der Waals surface area (Å²) in [5.74, 6) is -0.955. The first-order valence-corrected chi connectivity index (χ1v) is 11.0. The number of amides is 1. The van der Waals surface area contributed by atoms with Gasteiger partial charge in [0.2, 0.25) is 10.0 Å². The summed E-state index contributed by atoms with van der Waals surface area (Å²) in [7, 11) is -3.56. The van der Waals surface area contributed by atoms with E-state index in [1.165, 1.54) is 37.6 Å². The van der Waals surface area contributed by atoms with E-state index in [2.05, 4.69) is 10.0 Å². The van der Waals surface area contributed by atoms with E-state index >= 15 is 0 Å². The molecule has 1 unspecified atom stereocenters. The smallest absolute Gasteiger partial charge is 0.338 e. The van der Waals surface area contributed by atoms with Crippen LogP contribution in [0.4, 0.5) is 0 Å². The summed E-state index contributed by atoms with van der Waals surface area (Å²) < 4.78 is 32.1. The Kier molecular flexibility index (Phi) is 6.16. The maximum Gasteiger partial charge on any atom is 0.338 e. The molecule has 7 nitrogen and oxygen atoms in total. The molecule has 27 heavy (non-hydrogen) atoms. The molecule has 0 radical (unpaired) electrons. The largest absolute Gasteiger partial charge is 0.449 e. The number of carbonyl (C=O) groups excluding carboxylic acids is 2. The summed E-state index contributed by atoms with van der Waals surface area (Å²) in [5, 5.41) is 2.92. The molecule has 0 saturated heterocycles. The second-order valence-electron chi connectivity index (χ2n) is 7.31. The Morgan fingerprint density at radius 2 is 1.63 bits per heavy atom. The van der Waals surface area contributed by atoms with Crippen LogP contribution in [0, 0.1) is 0 Å². The van der Waals surface area contributed by atoms with Gasteiger partial charge in [-0.05, 0) is 56.9 Å². The Morgan fingerprint density at radius 1 is 1.00 bits per heavy atom. The van der Waals surface area contributed by atoms with Gasteiger partial charge in [-0.1, -0.05) is 19.3 Å². The van der Waals surface area contributed by atoms with Crippen molar-refractivity contribution in [2.24, 2.45) is 0 Å². The van der Waals surface area contributed by atoms with Crippen molar-refractivity contribution in [1.29, 1.82) is 0 Å². The van der Waals surface area contributed by atoms with E-state index in [0.717, 1.165) is 38.5 Å². The van der Waals surface area contributed by atoms with Gasteiger partial charge in [0, 0.05) is 12.1 Å². The molecule has 148 valence electrons. The lowest BCUT2D eigenvalue weighted by molar-refractivity contribution is -0.130. The third-order valence-electron chi connectivity index (χ3n) is 4.90. The molecule has 2 aliphatic rings. The maximum absolute atomic E-state index is 12.2. The van der Waals surface area contributed by atoms with E-state index in [0.29, 0.717) is 0 Å². The van der Waals surface area contributed by atoms with Gasteiger partial charge in [-0.15, -0.1) is 0 Å². The normalized spacial score (nSPS) is 19.3. The number of hydrogen-bond donors (Lipinski definition) is 2. The van der Waals surface area contributed by atoms with Crippen molar-refractivity contribution < 1.29 is 22.7 Å². The Morgan fingerprint density at radius 3 is 2.22 bits per heavy atom. The van der Waals surface area contributed by atoms with Crippen LogP contribution in [0.5, 0.6) is 0 Å². The van der Waals surface area contributed by atoms with Crippen molar-refractivity contribution in [2.45, 2.75) is 75.0 Å². The Labute approximate surface area is 159 Å². The van der Waals surface area contributed by atoms with Gasteiger partial charge in [-0.3, -0.25) is 4.79 Å². The van der Waals surface area contributed by atoms with Crippen molar-refractivity contribution in [3.8, 4) is 0 Å². The molecular weight excluding hydrogens is 368 g/mol. The molecule has 0 heterocycles. The second kappa shape index (κ2) is 8.39. The quantitative estimate of drug-likeness (QED) is 0.690. The summed E-state index contributed by atoms with van der Waals surface area (Å²) in [6.45, 7) is 1.54. The molecule has 8 heteroatoms. The zero-order chi connectivity index (χ0) is 19.4. The molecular formula is C19H26N2O5S. The lowest BCUT2D eigenvalue weighted by Crippen LogP contribution is -2.42. The zero-order valence-electron chi connectivity index (χ0n) is 15.4. The van der Waals surface area contributed by atoms with Gasteiger partial charge in [0.1, 0.15) is 0 Å². The third kappa shape index (κ3) is 5.52. The lowest BCUT2D eigenvalue weighted by atomic mass is 9.95. The fourth-order valence-electron chi connectivity index (χ4n) is 3.11. The summed E-state index contributed by atoms with van der Waals surface area (Å²) in [6.07, 6.45) is 6.11. The monoisotopic (exact) mass is 394 g/mol. The zero-order valence-corrected chi connectivity index (χ0v) is 16.3. The number of nitrogens with one attached hydrogen (secondary N) is 2. The summed E-state index contributed by atoms with van der Waals surface area (Å²) in [5.41, 5.74) is 0.206. The predicted octanol–water partition coefficient (Wildman–Crippen LogP) is 2.12. The molecule has 3 rings (SSSR count). The van der Waals surface area contributed by atoms with Crippen molar-refractivity contribution in [2.75, 3.05) is 0 Å². The van der Waals surface area contributed by atoms with Crippen LogP contribution < -0.4 is 10.0 Å². The highest BCUT2D eigenvalue weighted by molar-refractivity contribution is 7.89. The highest BCUT2D eigenvalue weighted by Gasteiger charge is 2.28. The molecule has 0 bridgehead atoms. The second-order valence-corrected chi connectivity index (χ2v) is 9.02. The van der Waals surface area contributed by atoms with E-state index < -0.39 is 22.1 Å². The standard InChI is InChI=1S/C19H26N2O5S/c1-13(18(22)20-15-5-3-2-4-6-15)26-19(23)14-7-11-17(12-8-14)27(24,25)21-16-9-10-16/h7-8,11-13,15-16,21H,2-6,9-10H2,1H3,(H,20,22). The number of hydrogen-bond acceptors (Lipinski definition) is 5. The molecule has 0 aromatic heterocycles. The van der Waals surface area contributed by atoms with Crippen molar-refractivity contribution in [3.63, 3.8) is 0 Å². The van der Waals surface area contributed by atoms with Gasteiger partial charge in [-0.25, -0.2) is 17.9 Å². The molecule has 2 saturated carbocycles. The van der Waals surface area contributed by atoms with Crippen LogP contribution in [0.15, 0.2) is 29.2 Å². The molecule has 2 fully saturated rings. The Balaban J connectivity index is 1.54. The minimum absolute atomic E-state index is 0.0168. The molecule has 0 aliphatic heterocycles. The van der Waals surface area contributed by atoms with Crippen molar-refractivity contribution in [1.82, 2.24) is 10.0 Å². The fraction of sp³-hybridized carbons (Fsp3) is 0.579. The topological polar surface area (TPSA) is 102 Å². The summed E-state index contributed by atoms with van der Waals surface area (Å²) in [4.78, 5) is 24.5. The van der Waals surface area contributed by atoms with Crippen molar-refractivity contribution >= 4 is 21.9 Å². The molecule has 0 spiro atoms. The first-order valence-electron chi connectivity index (χ1n) is 9.49. The van der Waals surface area contributed by atoms with Crippen LogP contribution >= 0.6 is 0 Å². The molecule has 1 amide bonds. The average Bonchev–Trinajstić information content (AvgIpc) is 3.46. The molecule has 2 aliphatic carbocycles. The van der Waals surface area contributed by atoms with Gasteiger partial charge >= 0.3 is 5.97 Å².